The van der Waals surface area contributed by atoms with E-state index in [0.29, 0.717) is 5.75 Å². The van der Waals surface area contributed by atoms with E-state index < -0.39 is 0 Å². The maximum absolute atomic E-state index is 12.9. The third-order valence-corrected chi connectivity index (χ3v) is 6.61. The molecule has 2 aliphatic rings. The second-order valence-electron chi connectivity index (χ2n) is 7.48. The van der Waals surface area contributed by atoms with Gasteiger partial charge in [-0.25, -0.2) is 0 Å². The summed E-state index contributed by atoms with van der Waals surface area (Å²) in [4.78, 5) is 14.9. The molecule has 0 radical (unpaired) electrons. The lowest BCUT2D eigenvalue weighted by atomic mass is 10.2. The summed E-state index contributed by atoms with van der Waals surface area (Å²) >= 11 is 1.63. The van der Waals surface area contributed by atoms with Gasteiger partial charge < -0.3 is 14.0 Å². The van der Waals surface area contributed by atoms with E-state index in [1.165, 1.54) is 19.3 Å². The monoisotopic (exact) mass is 389 g/mol. The molecule has 146 valence electrons. The summed E-state index contributed by atoms with van der Waals surface area (Å²) in [6.45, 7) is 5.67. The average molecular weight is 390 g/mol. The molecule has 0 spiro atoms. The summed E-state index contributed by atoms with van der Waals surface area (Å²) in [5.41, 5.74) is 2.02. The van der Waals surface area contributed by atoms with E-state index in [9.17, 15) is 4.79 Å². The molecule has 2 aliphatic heterocycles. The third kappa shape index (κ3) is 3.77. The van der Waals surface area contributed by atoms with E-state index >= 15 is 0 Å². The number of nitrogens with zero attached hydrogens (tertiary/aromatic N) is 5. The van der Waals surface area contributed by atoms with E-state index in [1.807, 2.05) is 18.7 Å². The lowest BCUT2D eigenvalue weighted by Gasteiger charge is -2.24. The number of hydrogen-bond donors (Lipinski definition) is 0. The first-order valence-corrected chi connectivity index (χ1v) is 11.0. The van der Waals surface area contributed by atoms with Gasteiger partial charge in [0, 0.05) is 30.8 Å². The van der Waals surface area contributed by atoms with Crippen molar-refractivity contribution < 1.29 is 9.32 Å². The summed E-state index contributed by atoms with van der Waals surface area (Å²) in [7, 11) is 0. The highest BCUT2D eigenvalue weighted by Crippen LogP contribution is 2.33. The van der Waals surface area contributed by atoms with Crippen molar-refractivity contribution in [2.45, 2.75) is 70.7 Å². The summed E-state index contributed by atoms with van der Waals surface area (Å²) in [5, 5.41) is 12.9. The van der Waals surface area contributed by atoms with Crippen LogP contribution in [0.2, 0.25) is 0 Å². The SMILES string of the molecule is Cc1noc(C)c1CSCC(=O)N1CCC[C@H]1c1nnc2n1CCCCC2. The first kappa shape index (κ1) is 18.5. The van der Waals surface area contributed by atoms with E-state index in [2.05, 4.69) is 19.9 Å². The Hall–Kier alpha value is -1.83. The van der Waals surface area contributed by atoms with Gasteiger partial charge in [-0.1, -0.05) is 11.6 Å². The molecular formula is C19H27N5O2S. The zero-order valence-corrected chi connectivity index (χ0v) is 16.9. The number of likely N-dealkylation sites (tertiary alicyclic amines) is 1. The van der Waals surface area contributed by atoms with Crippen molar-refractivity contribution in [3.63, 3.8) is 0 Å². The number of carbonyl (C=O) groups excluding carboxylic acids is 1. The van der Waals surface area contributed by atoms with Gasteiger partial charge in [0.25, 0.3) is 0 Å². The molecule has 1 amide bonds. The van der Waals surface area contributed by atoms with Gasteiger partial charge >= 0.3 is 0 Å². The van der Waals surface area contributed by atoms with Crippen LogP contribution in [0.5, 0.6) is 0 Å². The van der Waals surface area contributed by atoms with Gasteiger partial charge in [0.15, 0.2) is 5.82 Å². The fourth-order valence-corrected chi connectivity index (χ4v) is 5.18. The van der Waals surface area contributed by atoms with Crippen LogP contribution in [0, 0.1) is 13.8 Å². The fraction of sp³-hybridized carbons (Fsp3) is 0.684. The quantitative estimate of drug-likeness (QED) is 0.781. The molecule has 0 saturated carbocycles. The highest BCUT2D eigenvalue weighted by atomic mass is 32.2. The number of aryl methyl sites for hydroxylation is 3. The van der Waals surface area contributed by atoms with Crippen LogP contribution in [-0.4, -0.2) is 43.0 Å². The van der Waals surface area contributed by atoms with Gasteiger partial charge in [-0.15, -0.1) is 22.0 Å². The maximum atomic E-state index is 12.9. The molecule has 0 N–H and O–H groups in total. The van der Waals surface area contributed by atoms with Gasteiger partial charge in [0.2, 0.25) is 5.91 Å². The van der Waals surface area contributed by atoms with Crippen molar-refractivity contribution in [2.75, 3.05) is 12.3 Å². The molecule has 27 heavy (non-hydrogen) atoms. The number of rotatable bonds is 5. The number of hydrogen-bond acceptors (Lipinski definition) is 6. The Morgan fingerprint density at radius 1 is 1.19 bits per heavy atom. The maximum Gasteiger partial charge on any atom is 0.233 e. The van der Waals surface area contributed by atoms with Crippen LogP contribution in [0.15, 0.2) is 4.52 Å². The molecule has 0 unspecified atom stereocenters. The predicted octanol–water partition coefficient (Wildman–Crippen LogP) is 3.21. The van der Waals surface area contributed by atoms with Crippen LogP contribution in [0.3, 0.4) is 0 Å². The zero-order valence-electron chi connectivity index (χ0n) is 16.1. The lowest BCUT2D eigenvalue weighted by molar-refractivity contribution is -0.129. The molecule has 2 aromatic heterocycles. The van der Waals surface area contributed by atoms with Crippen molar-refractivity contribution in [1.82, 2.24) is 24.8 Å². The summed E-state index contributed by atoms with van der Waals surface area (Å²) in [6, 6.07) is 0.0801. The molecule has 0 aromatic carbocycles. The number of thioether (sulfide) groups is 1. The minimum Gasteiger partial charge on any atom is -0.361 e. The van der Waals surface area contributed by atoms with Crippen LogP contribution in [-0.2, 0) is 23.5 Å². The van der Waals surface area contributed by atoms with Gasteiger partial charge in [0.05, 0.1) is 17.5 Å². The molecular weight excluding hydrogens is 362 g/mol. The molecule has 1 saturated heterocycles. The minimum absolute atomic E-state index is 0.0801. The first-order valence-electron chi connectivity index (χ1n) is 9.86. The Kier molecular flexibility index (Phi) is 5.52. The van der Waals surface area contributed by atoms with E-state index in [-0.39, 0.29) is 11.9 Å². The summed E-state index contributed by atoms with van der Waals surface area (Å²) in [5.74, 6) is 4.36. The smallest absolute Gasteiger partial charge is 0.233 e. The first-order chi connectivity index (χ1) is 13.1. The Bertz CT molecular complexity index is 796. The van der Waals surface area contributed by atoms with Gasteiger partial charge in [-0.2, -0.15) is 0 Å². The van der Waals surface area contributed by atoms with Crippen molar-refractivity contribution in [3.8, 4) is 0 Å². The summed E-state index contributed by atoms with van der Waals surface area (Å²) < 4.78 is 7.48. The number of amides is 1. The molecule has 2 aromatic rings. The highest BCUT2D eigenvalue weighted by Gasteiger charge is 2.34. The lowest BCUT2D eigenvalue weighted by Crippen LogP contribution is -2.33. The van der Waals surface area contributed by atoms with Crippen molar-refractivity contribution in [2.24, 2.45) is 0 Å². The number of aromatic nitrogens is 4. The third-order valence-electron chi connectivity index (χ3n) is 5.66. The van der Waals surface area contributed by atoms with Crippen LogP contribution in [0.25, 0.3) is 0 Å². The van der Waals surface area contributed by atoms with Crippen LogP contribution < -0.4 is 0 Å². The van der Waals surface area contributed by atoms with E-state index in [4.69, 9.17) is 4.52 Å². The topological polar surface area (TPSA) is 77.1 Å². The van der Waals surface area contributed by atoms with Crippen LogP contribution >= 0.6 is 11.8 Å². The standard InChI is InChI=1S/C19H27N5O2S/c1-13-15(14(2)26-22-13)11-27-12-18(25)23-10-6-7-16(23)19-21-20-17-8-4-3-5-9-24(17)19/h16H,3-12H2,1-2H3/t16-/m0/s1. The largest absolute Gasteiger partial charge is 0.361 e. The second kappa shape index (κ2) is 8.04. The normalized spacial score (nSPS) is 19.9. The van der Waals surface area contributed by atoms with Crippen LogP contribution in [0.4, 0.5) is 0 Å². The number of fused-ring (bicyclic) bond motifs is 1. The molecule has 0 bridgehead atoms. The Balaban J connectivity index is 1.41. The summed E-state index contributed by atoms with van der Waals surface area (Å²) in [6.07, 6.45) is 6.62. The molecule has 0 aliphatic carbocycles. The highest BCUT2D eigenvalue weighted by molar-refractivity contribution is 7.99. The Labute approximate surface area is 163 Å². The fourth-order valence-electron chi connectivity index (χ4n) is 4.12. The van der Waals surface area contributed by atoms with E-state index in [0.717, 1.165) is 66.8 Å². The van der Waals surface area contributed by atoms with Crippen molar-refractivity contribution >= 4 is 17.7 Å². The van der Waals surface area contributed by atoms with Crippen molar-refractivity contribution in [1.29, 1.82) is 0 Å². The Morgan fingerprint density at radius 3 is 2.89 bits per heavy atom. The van der Waals surface area contributed by atoms with Gasteiger partial charge in [-0.3, -0.25) is 4.79 Å². The molecule has 4 heterocycles. The van der Waals surface area contributed by atoms with Gasteiger partial charge in [0.1, 0.15) is 11.6 Å². The molecule has 4 rings (SSSR count). The molecule has 1 atom stereocenters. The molecule has 1 fully saturated rings. The average Bonchev–Trinajstić information content (AvgIpc) is 3.32. The van der Waals surface area contributed by atoms with Crippen LogP contribution in [0.1, 0.15) is 66.8 Å². The molecule has 8 heteroatoms. The molecule has 7 nitrogen and oxygen atoms in total. The zero-order chi connectivity index (χ0) is 18.8. The second-order valence-corrected chi connectivity index (χ2v) is 8.46. The minimum atomic E-state index is 0.0801. The van der Waals surface area contributed by atoms with Crippen molar-refractivity contribution in [3.05, 3.63) is 28.7 Å². The van der Waals surface area contributed by atoms with Gasteiger partial charge in [-0.05, 0) is 39.5 Å². The number of carbonyl (C=O) groups is 1. The predicted molar refractivity (Wildman–Crippen MR) is 103 cm³/mol. The Morgan fingerprint density at radius 2 is 2.07 bits per heavy atom. The van der Waals surface area contributed by atoms with E-state index in [1.54, 1.807) is 11.8 Å².